The minimum Gasteiger partial charge on any atom is -0.481 e. The molecule has 18 atom stereocenters. The minimum atomic E-state index is -1.34. The molecule has 12 heteroatoms. The van der Waals surface area contributed by atoms with Crippen LogP contribution in [0.2, 0.25) is 0 Å². The highest BCUT2D eigenvalue weighted by atomic mass is 16.8. The van der Waals surface area contributed by atoms with Crippen LogP contribution in [-0.4, -0.2) is 98.4 Å². The summed E-state index contributed by atoms with van der Waals surface area (Å²) in [6, 6.07) is 7.01. The van der Waals surface area contributed by atoms with Crippen molar-refractivity contribution in [1.82, 2.24) is 5.32 Å². The molecular formula is C52H81NO11. The molecule has 0 aromatic heterocycles. The lowest BCUT2D eigenvalue weighted by molar-refractivity contribution is -0.397. The number of ether oxygens (including phenoxy) is 5. The van der Waals surface area contributed by atoms with E-state index in [1.54, 1.807) is 6.92 Å². The number of aliphatic hydroxyl groups excluding tert-OH is 1. The molecule has 360 valence electrons. The Labute approximate surface area is 382 Å². The molecule has 0 saturated carbocycles. The molecule has 1 aromatic carbocycles. The summed E-state index contributed by atoms with van der Waals surface area (Å²) in [6.45, 7) is 21.9. The van der Waals surface area contributed by atoms with E-state index in [4.69, 9.17) is 23.7 Å². The van der Waals surface area contributed by atoms with Gasteiger partial charge in [-0.05, 0) is 114 Å². The summed E-state index contributed by atoms with van der Waals surface area (Å²) in [6.07, 6.45) is 8.52. The average Bonchev–Trinajstić information content (AvgIpc) is 3.61. The van der Waals surface area contributed by atoms with Gasteiger partial charge in [0.05, 0.1) is 53.7 Å². The number of carbonyl (C=O) groups is 3. The zero-order valence-corrected chi connectivity index (χ0v) is 40.6. The number of ketones is 1. The second-order valence-electron chi connectivity index (χ2n) is 20.9. The Bertz CT molecular complexity index is 1800. The van der Waals surface area contributed by atoms with E-state index in [-0.39, 0.29) is 35.5 Å². The maximum Gasteiger partial charge on any atom is 0.309 e. The van der Waals surface area contributed by atoms with Crippen molar-refractivity contribution < 1.29 is 53.4 Å². The van der Waals surface area contributed by atoms with Crippen molar-refractivity contribution >= 4 is 17.7 Å². The number of Topliss-reactive ketones (excluding diaryl/α,β-unsaturated/α-hetero) is 1. The van der Waals surface area contributed by atoms with Gasteiger partial charge in [0.25, 0.3) is 5.91 Å². The zero-order chi connectivity index (χ0) is 46.9. The molecule has 0 bridgehead atoms. The summed E-state index contributed by atoms with van der Waals surface area (Å²) in [5, 5.41) is 36.3. The lowest BCUT2D eigenvalue weighted by Crippen LogP contribution is -2.65. The Balaban J connectivity index is 1.26. The highest BCUT2D eigenvalue weighted by Gasteiger charge is 2.63. The van der Waals surface area contributed by atoms with Crippen molar-refractivity contribution in [2.75, 3.05) is 0 Å². The molecular weight excluding hydrogens is 815 g/mol. The van der Waals surface area contributed by atoms with Crippen molar-refractivity contribution in [3.05, 3.63) is 47.5 Å². The van der Waals surface area contributed by atoms with Crippen molar-refractivity contribution in [2.24, 2.45) is 41.4 Å². The number of benzene rings is 1. The first kappa shape index (κ1) is 50.7. The second kappa shape index (κ2) is 20.3. The fourth-order valence-corrected chi connectivity index (χ4v) is 12.0. The number of amides is 1. The van der Waals surface area contributed by atoms with Gasteiger partial charge in [-0.2, -0.15) is 0 Å². The maximum absolute atomic E-state index is 14.7. The molecule has 5 aliphatic heterocycles. The molecule has 6 rings (SSSR count). The predicted octanol–water partition coefficient (Wildman–Crippen LogP) is 8.58. The average molecular weight is 896 g/mol. The van der Waals surface area contributed by atoms with E-state index in [1.807, 2.05) is 78.0 Å². The van der Waals surface area contributed by atoms with Gasteiger partial charge in [-0.25, -0.2) is 0 Å². The summed E-state index contributed by atoms with van der Waals surface area (Å²) in [5.41, 5.74) is -0.0150. The van der Waals surface area contributed by atoms with Gasteiger partial charge in [-0.15, -0.1) is 0 Å². The Hall–Kier alpha value is -2.71. The molecule has 4 fully saturated rings. The van der Waals surface area contributed by atoms with Gasteiger partial charge in [0.2, 0.25) is 0 Å². The zero-order valence-electron chi connectivity index (χ0n) is 40.6. The third-order valence-corrected chi connectivity index (χ3v) is 16.5. The van der Waals surface area contributed by atoms with Crippen LogP contribution in [0.4, 0.5) is 0 Å². The van der Waals surface area contributed by atoms with Crippen LogP contribution in [0.5, 0.6) is 0 Å². The summed E-state index contributed by atoms with van der Waals surface area (Å²) < 4.78 is 34.8. The number of nitrogens with one attached hydrogen (secondary N) is 1. The molecule has 1 aromatic rings. The Morgan fingerprint density at radius 1 is 0.859 bits per heavy atom. The number of aliphatic carboxylic acids is 1. The number of carboxylic acid groups (broad SMARTS) is 1. The largest absolute Gasteiger partial charge is 0.481 e. The van der Waals surface area contributed by atoms with Crippen LogP contribution in [0.15, 0.2) is 36.4 Å². The third-order valence-electron chi connectivity index (χ3n) is 16.5. The van der Waals surface area contributed by atoms with Crippen molar-refractivity contribution in [3.8, 4) is 0 Å². The Kier molecular flexibility index (Phi) is 16.0. The molecule has 12 nitrogen and oxygen atoms in total. The molecule has 0 unspecified atom stereocenters. The van der Waals surface area contributed by atoms with Crippen molar-refractivity contribution in [2.45, 2.75) is 219 Å². The molecule has 4 saturated heterocycles. The Morgan fingerprint density at radius 3 is 2.16 bits per heavy atom. The Morgan fingerprint density at radius 2 is 1.55 bits per heavy atom. The summed E-state index contributed by atoms with van der Waals surface area (Å²) >= 11 is 0. The molecule has 1 amide bonds. The number of aliphatic hydroxyl groups is 2. The smallest absolute Gasteiger partial charge is 0.309 e. The van der Waals surface area contributed by atoms with Crippen LogP contribution < -0.4 is 5.32 Å². The molecule has 64 heavy (non-hydrogen) atoms. The van der Waals surface area contributed by atoms with E-state index < -0.39 is 89.0 Å². The molecule has 0 radical (unpaired) electrons. The number of hydrogen-bond donors (Lipinski definition) is 4. The third kappa shape index (κ3) is 9.95. The standard InChI is InChI=1S/C52H81NO11/c1-12-16-36-18-20-37(21-19-36)47(56)53-41-23-26-51(64-52(41)28-27-49(11,63-52)42-24-25-50(59,15-4)35(10)60-42)32(7)29-31(6)46(62-51)39(14-3)44(55)33(8)43(54)34(9)45-30(5)17-22-40(61-45)38(13-2)48(57)58/h18-21,23,26,30-35,38-43,45-46,54,59H,12-17,22,24-25,27-29H2,1-11H3,(H,53,56)(H,57,58)/t30-,31-,32+,33-,34-,35-,38+,39-,40+,41-,42+,43+,45+,46-,49-,50+,51-,52-/m0/s1. The van der Waals surface area contributed by atoms with Crippen LogP contribution in [0, 0.1) is 41.4 Å². The first-order valence-corrected chi connectivity index (χ1v) is 24.9. The fraction of sp³-hybridized carbons (Fsp3) is 0.788. The van der Waals surface area contributed by atoms with Gasteiger partial charge in [0, 0.05) is 35.7 Å². The first-order chi connectivity index (χ1) is 30.2. The number of rotatable bonds is 16. The van der Waals surface area contributed by atoms with E-state index in [0.717, 1.165) is 19.3 Å². The van der Waals surface area contributed by atoms with Gasteiger partial charge in [-0.1, -0.05) is 86.9 Å². The summed E-state index contributed by atoms with van der Waals surface area (Å²) in [7, 11) is 0. The van der Waals surface area contributed by atoms with Gasteiger partial charge in [-0.3, -0.25) is 14.4 Å². The quantitative estimate of drug-likeness (QED) is 0.117. The van der Waals surface area contributed by atoms with E-state index in [1.165, 1.54) is 5.56 Å². The molecule has 4 N–H and O–H groups in total. The molecule has 0 aliphatic carbocycles. The van der Waals surface area contributed by atoms with Crippen molar-refractivity contribution in [3.63, 3.8) is 0 Å². The summed E-state index contributed by atoms with van der Waals surface area (Å²) in [4.78, 5) is 40.8. The number of aryl methyl sites for hydroxylation is 1. The van der Waals surface area contributed by atoms with E-state index in [0.29, 0.717) is 63.4 Å². The van der Waals surface area contributed by atoms with Gasteiger partial charge >= 0.3 is 5.97 Å². The lowest BCUT2D eigenvalue weighted by Gasteiger charge is -2.55. The second-order valence-corrected chi connectivity index (χ2v) is 20.9. The molecule has 2 spiro atoms. The van der Waals surface area contributed by atoms with Crippen LogP contribution in [-0.2, 0) is 39.7 Å². The van der Waals surface area contributed by atoms with Gasteiger partial charge < -0.3 is 44.3 Å². The van der Waals surface area contributed by atoms with Crippen LogP contribution in [0.25, 0.3) is 0 Å². The van der Waals surface area contributed by atoms with E-state index >= 15 is 0 Å². The highest BCUT2D eigenvalue weighted by molar-refractivity contribution is 5.94. The normalized spacial score (nSPS) is 40.1. The van der Waals surface area contributed by atoms with Gasteiger partial charge in [0.1, 0.15) is 11.8 Å². The fourth-order valence-electron chi connectivity index (χ4n) is 12.0. The van der Waals surface area contributed by atoms with E-state index in [2.05, 4.69) is 33.0 Å². The first-order valence-electron chi connectivity index (χ1n) is 24.9. The van der Waals surface area contributed by atoms with Crippen molar-refractivity contribution in [1.29, 1.82) is 0 Å². The monoisotopic (exact) mass is 896 g/mol. The SMILES string of the molecule is CCCc1ccc(C(=O)N[C@H]2C=C[C@]3(O[C@H]([C@@H](CC)C(=O)[C@@H](C)[C@@H](O)[C@H](C)[C@@H]4O[C@@H]([C@@H](CC)C(=O)O)CC[C@@H]4C)[C@@H](C)C[C@H]3C)O[C@@]23CC[C@@](C)([C@H]2CC[C@](O)(CC)[C@H](C)O2)O3)cc1. The van der Waals surface area contributed by atoms with Crippen LogP contribution in [0.1, 0.15) is 163 Å². The molecule has 5 aliphatic rings. The van der Waals surface area contributed by atoms with E-state index in [9.17, 15) is 29.7 Å². The van der Waals surface area contributed by atoms with Crippen LogP contribution >= 0.6 is 0 Å². The number of carbonyl (C=O) groups excluding carboxylic acids is 2. The lowest BCUT2D eigenvalue weighted by atomic mass is 9.72. The maximum atomic E-state index is 14.7. The van der Waals surface area contributed by atoms with Crippen LogP contribution in [0.3, 0.4) is 0 Å². The van der Waals surface area contributed by atoms with Gasteiger partial charge in [0.15, 0.2) is 11.6 Å². The summed E-state index contributed by atoms with van der Waals surface area (Å²) in [5.74, 6) is -6.27. The highest BCUT2D eigenvalue weighted by Crippen LogP contribution is 2.54. The minimum absolute atomic E-state index is 0.0222. The topological polar surface area (TPSA) is 170 Å². The predicted molar refractivity (Wildman–Crippen MR) is 244 cm³/mol. The molecule has 5 heterocycles. The number of carboxylic acids is 1. The number of hydrogen-bond acceptors (Lipinski definition) is 10.